The van der Waals surface area contributed by atoms with E-state index in [1.807, 2.05) is 54.6 Å². The van der Waals surface area contributed by atoms with Crippen molar-refractivity contribution in [3.05, 3.63) is 113 Å². The van der Waals surface area contributed by atoms with Crippen LogP contribution in [0, 0.1) is 0 Å². The molecule has 0 aliphatic carbocycles. The minimum absolute atomic E-state index is 0.196. The highest BCUT2D eigenvalue weighted by atomic mass is 35.5. The molecule has 0 radical (unpaired) electrons. The minimum atomic E-state index is -0.277. The van der Waals surface area contributed by atoms with Gasteiger partial charge in [-0.3, -0.25) is 4.79 Å². The van der Waals surface area contributed by atoms with Gasteiger partial charge < -0.3 is 19.5 Å². The second-order valence-electron chi connectivity index (χ2n) is 7.11. The first-order valence-electron chi connectivity index (χ1n) is 10.3. The molecule has 0 spiro atoms. The predicted octanol–water partition coefficient (Wildman–Crippen LogP) is 6.97. The SMILES string of the molecule is COc1ccc(C(=O)Nc2ccccc2Oc2ccccc2)cc1COc1ccccc1Cl. The van der Waals surface area contributed by atoms with Gasteiger partial charge in [0.15, 0.2) is 5.75 Å². The number of benzene rings is 4. The Morgan fingerprint density at radius 2 is 1.52 bits per heavy atom. The molecular formula is C27H22ClNO4. The van der Waals surface area contributed by atoms with E-state index in [0.717, 1.165) is 5.56 Å². The van der Waals surface area contributed by atoms with E-state index in [2.05, 4.69) is 5.32 Å². The summed E-state index contributed by atoms with van der Waals surface area (Å²) in [6, 6.07) is 29.1. The lowest BCUT2D eigenvalue weighted by Gasteiger charge is -2.14. The highest BCUT2D eigenvalue weighted by Crippen LogP contribution is 2.30. The number of halogens is 1. The number of amides is 1. The summed E-state index contributed by atoms with van der Waals surface area (Å²) in [5.74, 6) is 2.13. The molecule has 33 heavy (non-hydrogen) atoms. The number of hydrogen-bond donors (Lipinski definition) is 1. The number of ether oxygens (including phenoxy) is 3. The van der Waals surface area contributed by atoms with E-state index in [1.165, 1.54) is 0 Å². The van der Waals surface area contributed by atoms with Crippen molar-refractivity contribution in [3.63, 3.8) is 0 Å². The van der Waals surface area contributed by atoms with Crippen LogP contribution in [0.5, 0.6) is 23.0 Å². The Labute approximate surface area is 197 Å². The fourth-order valence-corrected chi connectivity index (χ4v) is 3.41. The second-order valence-corrected chi connectivity index (χ2v) is 7.52. The number of anilines is 1. The average molecular weight is 460 g/mol. The summed E-state index contributed by atoms with van der Waals surface area (Å²) in [6.45, 7) is 0.196. The van der Waals surface area contributed by atoms with Crippen molar-refractivity contribution in [2.75, 3.05) is 12.4 Å². The van der Waals surface area contributed by atoms with Crippen molar-refractivity contribution in [2.24, 2.45) is 0 Å². The maximum Gasteiger partial charge on any atom is 0.255 e. The topological polar surface area (TPSA) is 56.8 Å². The van der Waals surface area contributed by atoms with Gasteiger partial charge in [-0.2, -0.15) is 0 Å². The predicted molar refractivity (Wildman–Crippen MR) is 130 cm³/mol. The molecule has 4 aromatic rings. The maximum atomic E-state index is 13.0. The van der Waals surface area contributed by atoms with E-state index in [0.29, 0.717) is 39.3 Å². The smallest absolute Gasteiger partial charge is 0.255 e. The Morgan fingerprint density at radius 1 is 0.818 bits per heavy atom. The minimum Gasteiger partial charge on any atom is -0.496 e. The van der Waals surface area contributed by atoms with Crippen LogP contribution in [0.3, 0.4) is 0 Å². The van der Waals surface area contributed by atoms with Crippen LogP contribution >= 0.6 is 11.6 Å². The van der Waals surface area contributed by atoms with Crippen molar-refractivity contribution in [1.82, 2.24) is 0 Å². The normalized spacial score (nSPS) is 10.4. The van der Waals surface area contributed by atoms with Gasteiger partial charge in [-0.15, -0.1) is 0 Å². The number of para-hydroxylation sites is 4. The number of methoxy groups -OCH3 is 1. The lowest BCUT2D eigenvalue weighted by molar-refractivity contribution is 0.102. The Kier molecular flexibility index (Phi) is 7.12. The van der Waals surface area contributed by atoms with Crippen LogP contribution in [0.1, 0.15) is 15.9 Å². The molecule has 5 nitrogen and oxygen atoms in total. The molecule has 0 heterocycles. The van der Waals surface area contributed by atoms with Crippen LogP contribution in [-0.4, -0.2) is 13.0 Å². The van der Waals surface area contributed by atoms with Crippen molar-refractivity contribution >= 4 is 23.2 Å². The van der Waals surface area contributed by atoms with Crippen LogP contribution < -0.4 is 19.5 Å². The molecule has 4 aromatic carbocycles. The first kappa shape index (κ1) is 22.2. The van der Waals surface area contributed by atoms with E-state index >= 15 is 0 Å². The van der Waals surface area contributed by atoms with Crippen molar-refractivity contribution < 1.29 is 19.0 Å². The van der Waals surface area contributed by atoms with Crippen LogP contribution in [0.15, 0.2) is 97.1 Å². The van der Waals surface area contributed by atoms with Gasteiger partial charge in [-0.05, 0) is 54.6 Å². The van der Waals surface area contributed by atoms with Crippen LogP contribution in [-0.2, 0) is 6.61 Å². The van der Waals surface area contributed by atoms with E-state index in [4.69, 9.17) is 25.8 Å². The lowest BCUT2D eigenvalue weighted by atomic mass is 10.1. The molecule has 0 atom stereocenters. The van der Waals surface area contributed by atoms with Crippen LogP contribution in [0.25, 0.3) is 0 Å². The second kappa shape index (κ2) is 10.6. The van der Waals surface area contributed by atoms with E-state index < -0.39 is 0 Å². The first-order valence-corrected chi connectivity index (χ1v) is 10.7. The van der Waals surface area contributed by atoms with Crippen molar-refractivity contribution in [1.29, 1.82) is 0 Å². The molecule has 0 aromatic heterocycles. The number of carbonyl (C=O) groups excluding carboxylic acids is 1. The monoisotopic (exact) mass is 459 g/mol. The number of rotatable bonds is 8. The lowest BCUT2D eigenvalue weighted by Crippen LogP contribution is -2.13. The summed E-state index contributed by atoms with van der Waals surface area (Å²) in [5.41, 5.74) is 1.75. The molecule has 1 amide bonds. The standard InChI is InChI=1S/C27H22ClNO4/c1-31-24-16-15-19(17-20(24)18-32-25-13-7-5-11-22(25)28)27(30)29-23-12-6-8-14-26(23)33-21-9-3-2-4-10-21/h2-17H,18H2,1H3,(H,29,30). The summed E-state index contributed by atoms with van der Waals surface area (Å²) in [4.78, 5) is 13.0. The Hall–Kier alpha value is -3.96. The third-order valence-electron chi connectivity index (χ3n) is 4.87. The Balaban J connectivity index is 1.52. The average Bonchev–Trinajstić information content (AvgIpc) is 2.85. The van der Waals surface area contributed by atoms with Crippen LogP contribution in [0.4, 0.5) is 5.69 Å². The van der Waals surface area contributed by atoms with Gasteiger partial charge in [0, 0.05) is 11.1 Å². The molecule has 166 valence electrons. The molecule has 0 unspecified atom stereocenters. The molecule has 0 saturated heterocycles. The van der Waals surface area contributed by atoms with Gasteiger partial charge >= 0.3 is 0 Å². The largest absolute Gasteiger partial charge is 0.496 e. The third-order valence-corrected chi connectivity index (χ3v) is 5.18. The number of carbonyl (C=O) groups is 1. The summed E-state index contributed by atoms with van der Waals surface area (Å²) in [6.07, 6.45) is 0. The summed E-state index contributed by atoms with van der Waals surface area (Å²) < 4.78 is 17.2. The fraction of sp³-hybridized carbons (Fsp3) is 0.0741. The molecule has 0 saturated carbocycles. The molecule has 0 aliphatic heterocycles. The number of nitrogens with one attached hydrogen (secondary N) is 1. The quantitative estimate of drug-likeness (QED) is 0.309. The van der Waals surface area contributed by atoms with Gasteiger partial charge in [0.2, 0.25) is 0 Å². The van der Waals surface area contributed by atoms with Gasteiger partial charge in [-0.25, -0.2) is 0 Å². The van der Waals surface area contributed by atoms with Crippen molar-refractivity contribution in [2.45, 2.75) is 6.61 Å². The molecule has 6 heteroatoms. The molecular weight excluding hydrogens is 438 g/mol. The number of hydrogen-bond acceptors (Lipinski definition) is 4. The maximum absolute atomic E-state index is 13.0. The highest BCUT2D eigenvalue weighted by Gasteiger charge is 2.14. The molecule has 0 bridgehead atoms. The van der Waals surface area contributed by atoms with Gasteiger partial charge in [0.1, 0.15) is 23.9 Å². The van der Waals surface area contributed by atoms with Gasteiger partial charge in [0.05, 0.1) is 17.8 Å². The van der Waals surface area contributed by atoms with Gasteiger partial charge in [-0.1, -0.05) is 54.1 Å². The fourth-order valence-electron chi connectivity index (χ4n) is 3.22. The Bertz CT molecular complexity index is 1240. The third kappa shape index (κ3) is 5.64. The Morgan fingerprint density at radius 3 is 2.27 bits per heavy atom. The zero-order chi connectivity index (χ0) is 23.0. The van der Waals surface area contributed by atoms with Crippen LogP contribution in [0.2, 0.25) is 5.02 Å². The highest BCUT2D eigenvalue weighted by molar-refractivity contribution is 6.32. The summed E-state index contributed by atoms with van der Waals surface area (Å²) >= 11 is 6.18. The van der Waals surface area contributed by atoms with Gasteiger partial charge in [0.25, 0.3) is 5.91 Å². The molecule has 1 N–H and O–H groups in total. The summed E-state index contributed by atoms with van der Waals surface area (Å²) in [7, 11) is 1.57. The molecule has 0 aliphatic rings. The van der Waals surface area contributed by atoms with Crippen molar-refractivity contribution in [3.8, 4) is 23.0 Å². The van der Waals surface area contributed by atoms with E-state index in [-0.39, 0.29) is 12.5 Å². The zero-order valence-electron chi connectivity index (χ0n) is 18.0. The van der Waals surface area contributed by atoms with E-state index in [1.54, 1.807) is 49.6 Å². The zero-order valence-corrected chi connectivity index (χ0v) is 18.7. The molecule has 0 fully saturated rings. The summed E-state index contributed by atoms with van der Waals surface area (Å²) in [5, 5.41) is 3.44. The van der Waals surface area contributed by atoms with E-state index in [9.17, 15) is 4.79 Å². The molecule has 4 rings (SSSR count). The first-order chi connectivity index (χ1) is 16.1.